The first-order chi connectivity index (χ1) is 8.87. The number of H-pyrrole nitrogens is 1. The standard InChI is InChI=1S/C12H24N4O2S/c1-5-10(6-2)8(3)16-19(17,18)12-11(7-13)9(4)14-15-12/h8,10,16H,5-7,13H2,1-4H3,(H,14,15). The molecule has 0 aliphatic rings. The number of aromatic nitrogens is 2. The fraction of sp³-hybridized carbons (Fsp3) is 0.750. The Kier molecular flexibility index (Phi) is 5.51. The lowest BCUT2D eigenvalue weighted by Gasteiger charge is -2.22. The van der Waals surface area contributed by atoms with E-state index in [4.69, 9.17) is 5.73 Å². The van der Waals surface area contributed by atoms with Gasteiger partial charge in [-0.15, -0.1) is 0 Å². The topological polar surface area (TPSA) is 101 Å². The number of nitrogens with two attached hydrogens (primary N) is 1. The summed E-state index contributed by atoms with van der Waals surface area (Å²) in [6.45, 7) is 7.92. The Labute approximate surface area is 115 Å². The molecule has 0 amide bonds. The Morgan fingerprint density at radius 2 is 1.95 bits per heavy atom. The minimum absolute atomic E-state index is 0.0188. The number of rotatable bonds is 7. The van der Waals surface area contributed by atoms with Crippen LogP contribution >= 0.6 is 0 Å². The molecule has 1 aromatic heterocycles. The molecule has 0 radical (unpaired) electrons. The maximum absolute atomic E-state index is 12.3. The first-order valence-electron chi connectivity index (χ1n) is 6.63. The Balaban J connectivity index is 2.98. The molecule has 1 aromatic rings. The number of aryl methyl sites for hydroxylation is 1. The Hall–Kier alpha value is -0.920. The first-order valence-corrected chi connectivity index (χ1v) is 8.11. The molecule has 0 bridgehead atoms. The van der Waals surface area contributed by atoms with E-state index in [1.54, 1.807) is 6.92 Å². The largest absolute Gasteiger partial charge is 0.326 e. The number of hydrogen-bond acceptors (Lipinski definition) is 4. The van der Waals surface area contributed by atoms with E-state index in [9.17, 15) is 8.42 Å². The molecular weight excluding hydrogens is 264 g/mol. The summed E-state index contributed by atoms with van der Waals surface area (Å²) >= 11 is 0. The normalized spacial score (nSPS) is 14.0. The van der Waals surface area contributed by atoms with Gasteiger partial charge in [0.05, 0.1) is 0 Å². The van der Waals surface area contributed by atoms with Crippen molar-refractivity contribution in [3.8, 4) is 0 Å². The number of nitrogens with zero attached hydrogens (tertiary/aromatic N) is 1. The summed E-state index contributed by atoms with van der Waals surface area (Å²) in [4.78, 5) is 0. The third-order valence-corrected chi connectivity index (χ3v) is 5.12. The van der Waals surface area contributed by atoms with Gasteiger partial charge < -0.3 is 5.73 Å². The van der Waals surface area contributed by atoms with Gasteiger partial charge in [0.2, 0.25) is 0 Å². The third kappa shape index (κ3) is 3.55. The SMILES string of the molecule is CCC(CC)C(C)NS(=O)(=O)c1n[nH]c(C)c1CN. The van der Waals surface area contributed by atoms with Gasteiger partial charge in [0.1, 0.15) is 0 Å². The minimum Gasteiger partial charge on any atom is -0.326 e. The van der Waals surface area contributed by atoms with Crippen molar-refractivity contribution in [1.29, 1.82) is 0 Å². The van der Waals surface area contributed by atoms with Crippen molar-refractivity contribution in [1.82, 2.24) is 14.9 Å². The molecule has 0 aliphatic carbocycles. The number of sulfonamides is 1. The molecule has 0 saturated heterocycles. The molecule has 0 aliphatic heterocycles. The molecule has 0 fully saturated rings. The molecule has 1 rings (SSSR count). The Morgan fingerprint density at radius 1 is 1.37 bits per heavy atom. The average molecular weight is 288 g/mol. The predicted molar refractivity (Wildman–Crippen MR) is 75.1 cm³/mol. The van der Waals surface area contributed by atoms with Crippen molar-refractivity contribution in [2.24, 2.45) is 11.7 Å². The maximum Gasteiger partial charge on any atom is 0.260 e. The molecule has 1 atom stereocenters. The van der Waals surface area contributed by atoms with Crippen LogP contribution in [-0.2, 0) is 16.6 Å². The Morgan fingerprint density at radius 3 is 2.42 bits per heavy atom. The van der Waals surface area contributed by atoms with Crippen LogP contribution in [0, 0.1) is 12.8 Å². The van der Waals surface area contributed by atoms with Crippen molar-refractivity contribution < 1.29 is 8.42 Å². The van der Waals surface area contributed by atoms with Gasteiger partial charge in [-0.2, -0.15) is 5.10 Å². The van der Waals surface area contributed by atoms with Crippen LogP contribution in [-0.4, -0.2) is 24.7 Å². The van der Waals surface area contributed by atoms with Gasteiger partial charge in [-0.1, -0.05) is 26.7 Å². The highest BCUT2D eigenvalue weighted by Gasteiger charge is 2.26. The first kappa shape index (κ1) is 16.1. The van der Waals surface area contributed by atoms with Crippen molar-refractivity contribution in [3.63, 3.8) is 0 Å². The van der Waals surface area contributed by atoms with Crippen LogP contribution in [0.4, 0.5) is 0 Å². The fourth-order valence-electron chi connectivity index (χ4n) is 2.29. The number of aromatic amines is 1. The molecule has 4 N–H and O–H groups in total. The second kappa shape index (κ2) is 6.49. The quantitative estimate of drug-likeness (QED) is 0.703. The molecule has 0 aromatic carbocycles. The molecule has 1 heterocycles. The summed E-state index contributed by atoms with van der Waals surface area (Å²) in [7, 11) is -3.62. The van der Waals surface area contributed by atoms with Crippen molar-refractivity contribution >= 4 is 10.0 Å². The van der Waals surface area contributed by atoms with Crippen LogP contribution in [0.2, 0.25) is 0 Å². The lowest BCUT2D eigenvalue weighted by atomic mass is 9.96. The highest BCUT2D eigenvalue weighted by atomic mass is 32.2. The van der Waals surface area contributed by atoms with Gasteiger partial charge in [0.25, 0.3) is 10.0 Å². The summed E-state index contributed by atoms with van der Waals surface area (Å²) in [6, 6.07) is -0.123. The molecule has 0 saturated carbocycles. The zero-order chi connectivity index (χ0) is 14.6. The van der Waals surface area contributed by atoms with Crippen LogP contribution < -0.4 is 10.5 Å². The molecule has 6 nitrogen and oxygen atoms in total. The fourth-order valence-corrected chi connectivity index (χ4v) is 3.81. The van der Waals surface area contributed by atoms with Crippen LogP contribution in [0.3, 0.4) is 0 Å². The van der Waals surface area contributed by atoms with Crippen LogP contribution in [0.1, 0.15) is 44.9 Å². The molecule has 1 unspecified atom stereocenters. The van der Waals surface area contributed by atoms with E-state index in [0.29, 0.717) is 17.2 Å². The summed E-state index contributed by atoms with van der Waals surface area (Å²) in [5, 5.41) is 6.56. The van der Waals surface area contributed by atoms with E-state index < -0.39 is 10.0 Å². The zero-order valence-electron chi connectivity index (χ0n) is 12.0. The van der Waals surface area contributed by atoms with Gasteiger partial charge in [0.15, 0.2) is 5.03 Å². The van der Waals surface area contributed by atoms with Crippen molar-refractivity contribution in [3.05, 3.63) is 11.3 Å². The third-order valence-electron chi connectivity index (χ3n) is 3.59. The van der Waals surface area contributed by atoms with E-state index in [1.807, 2.05) is 6.92 Å². The van der Waals surface area contributed by atoms with E-state index in [2.05, 4.69) is 28.8 Å². The lowest BCUT2D eigenvalue weighted by Crippen LogP contribution is -2.38. The minimum atomic E-state index is -3.62. The number of nitrogens with one attached hydrogen (secondary N) is 2. The molecule has 0 spiro atoms. The van der Waals surface area contributed by atoms with Crippen molar-refractivity contribution in [2.45, 2.75) is 58.1 Å². The van der Waals surface area contributed by atoms with Crippen LogP contribution in [0.5, 0.6) is 0 Å². The summed E-state index contributed by atoms with van der Waals surface area (Å²) in [5.74, 6) is 0.316. The summed E-state index contributed by atoms with van der Waals surface area (Å²) in [6.07, 6.45) is 1.87. The molecule has 110 valence electrons. The zero-order valence-corrected chi connectivity index (χ0v) is 12.8. The highest BCUT2D eigenvalue weighted by molar-refractivity contribution is 7.89. The molecule has 7 heteroatoms. The van der Waals surface area contributed by atoms with E-state index >= 15 is 0 Å². The monoisotopic (exact) mass is 288 g/mol. The van der Waals surface area contributed by atoms with Gasteiger partial charge >= 0.3 is 0 Å². The van der Waals surface area contributed by atoms with Gasteiger partial charge in [-0.25, -0.2) is 13.1 Å². The number of hydrogen-bond donors (Lipinski definition) is 3. The average Bonchev–Trinajstić information content (AvgIpc) is 2.72. The Bertz CT molecular complexity index is 506. The molecular formula is C12H24N4O2S. The summed E-state index contributed by atoms with van der Waals surface area (Å²) in [5.41, 5.74) is 6.82. The van der Waals surface area contributed by atoms with E-state index in [-0.39, 0.29) is 17.6 Å². The predicted octanol–water partition coefficient (Wildman–Crippen LogP) is 1.28. The highest BCUT2D eigenvalue weighted by Crippen LogP contribution is 2.19. The lowest BCUT2D eigenvalue weighted by molar-refractivity contribution is 0.390. The van der Waals surface area contributed by atoms with Gasteiger partial charge in [-0.3, -0.25) is 5.10 Å². The molecule has 19 heavy (non-hydrogen) atoms. The van der Waals surface area contributed by atoms with Crippen LogP contribution in [0.15, 0.2) is 5.03 Å². The van der Waals surface area contributed by atoms with Crippen molar-refractivity contribution in [2.75, 3.05) is 0 Å². The summed E-state index contributed by atoms with van der Waals surface area (Å²) < 4.78 is 27.3. The van der Waals surface area contributed by atoms with E-state index in [1.165, 1.54) is 0 Å². The smallest absolute Gasteiger partial charge is 0.260 e. The van der Waals surface area contributed by atoms with Crippen LogP contribution in [0.25, 0.3) is 0 Å². The second-order valence-corrected chi connectivity index (χ2v) is 6.45. The van der Waals surface area contributed by atoms with E-state index in [0.717, 1.165) is 12.8 Å². The second-order valence-electron chi connectivity index (χ2n) is 4.82. The van der Waals surface area contributed by atoms with Gasteiger partial charge in [0, 0.05) is 23.8 Å². The maximum atomic E-state index is 12.3. The van der Waals surface area contributed by atoms with Gasteiger partial charge in [-0.05, 0) is 19.8 Å².